The van der Waals surface area contributed by atoms with E-state index in [4.69, 9.17) is 9.47 Å². The summed E-state index contributed by atoms with van der Waals surface area (Å²) in [7, 11) is 0. The summed E-state index contributed by atoms with van der Waals surface area (Å²) in [5, 5.41) is 13.5. The molecule has 1 aliphatic rings. The number of rotatable bonds is 3. The van der Waals surface area contributed by atoms with Crippen LogP contribution in [0.2, 0.25) is 0 Å². The van der Waals surface area contributed by atoms with E-state index in [0.29, 0.717) is 0 Å². The normalized spacial score (nSPS) is 16.6. The predicted molar refractivity (Wildman–Crippen MR) is 75.8 cm³/mol. The van der Waals surface area contributed by atoms with E-state index in [-0.39, 0.29) is 16.9 Å². The van der Waals surface area contributed by atoms with Gasteiger partial charge in [0.25, 0.3) is 11.5 Å². The van der Waals surface area contributed by atoms with Gasteiger partial charge in [-0.1, -0.05) is 6.07 Å². The molecule has 1 aromatic rings. The number of nitro groups is 1. The van der Waals surface area contributed by atoms with E-state index >= 15 is 0 Å². The Morgan fingerprint density at radius 3 is 2.36 bits per heavy atom. The Morgan fingerprint density at radius 2 is 1.82 bits per heavy atom. The minimum atomic E-state index is -1.33. The predicted octanol–water partition coefficient (Wildman–Crippen LogP) is 2.04. The third-order valence-electron chi connectivity index (χ3n) is 2.84. The first kappa shape index (κ1) is 15.5. The molecular formula is C14H14N2O6. The number of aryl methyl sites for hydroxylation is 1. The van der Waals surface area contributed by atoms with E-state index in [9.17, 15) is 19.7 Å². The molecule has 1 saturated heterocycles. The number of ether oxygens (including phenoxy) is 2. The number of nitrogens with one attached hydrogen (secondary N) is 1. The van der Waals surface area contributed by atoms with Crippen molar-refractivity contribution in [2.45, 2.75) is 26.6 Å². The zero-order chi connectivity index (χ0) is 16.5. The van der Waals surface area contributed by atoms with Crippen LogP contribution in [0.4, 0.5) is 11.4 Å². The summed E-state index contributed by atoms with van der Waals surface area (Å²) in [6, 6.07) is 4.44. The first-order valence-electron chi connectivity index (χ1n) is 6.38. The molecule has 2 rings (SSSR count). The molecule has 116 valence electrons. The van der Waals surface area contributed by atoms with Crippen LogP contribution in [0.5, 0.6) is 0 Å². The van der Waals surface area contributed by atoms with Gasteiger partial charge in [-0.25, -0.2) is 9.59 Å². The van der Waals surface area contributed by atoms with Crippen LogP contribution in [-0.4, -0.2) is 22.6 Å². The molecule has 0 bridgehead atoms. The fourth-order valence-corrected chi connectivity index (χ4v) is 1.85. The maximum atomic E-state index is 11.8. The highest BCUT2D eigenvalue weighted by Crippen LogP contribution is 2.27. The van der Waals surface area contributed by atoms with Crippen molar-refractivity contribution in [2.24, 2.45) is 0 Å². The minimum absolute atomic E-state index is 0.155. The largest absolute Gasteiger partial charge is 0.419 e. The highest BCUT2D eigenvalue weighted by Gasteiger charge is 2.39. The van der Waals surface area contributed by atoms with Crippen molar-refractivity contribution in [1.29, 1.82) is 0 Å². The van der Waals surface area contributed by atoms with Crippen LogP contribution < -0.4 is 5.32 Å². The van der Waals surface area contributed by atoms with E-state index in [1.807, 2.05) is 0 Å². The van der Waals surface area contributed by atoms with Crippen molar-refractivity contribution in [3.05, 3.63) is 45.6 Å². The lowest BCUT2D eigenvalue weighted by atomic mass is 10.2. The summed E-state index contributed by atoms with van der Waals surface area (Å²) < 4.78 is 9.84. The van der Waals surface area contributed by atoms with E-state index < -0.39 is 22.6 Å². The number of nitrogens with zero attached hydrogens (tertiary/aromatic N) is 1. The van der Waals surface area contributed by atoms with Gasteiger partial charge >= 0.3 is 11.9 Å². The lowest BCUT2D eigenvalue weighted by molar-refractivity contribution is -0.383. The first-order chi connectivity index (χ1) is 10.2. The molecule has 0 radical (unpaired) electrons. The summed E-state index contributed by atoms with van der Waals surface area (Å²) in [4.78, 5) is 33.9. The average Bonchev–Trinajstić information content (AvgIpc) is 2.35. The highest BCUT2D eigenvalue weighted by molar-refractivity contribution is 6.15. The van der Waals surface area contributed by atoms with Gasteiger partial charge < -0.3 is 14.8 Å². The molecule has 0 saturated carbocycles. The van der Waals surface area contributed by atoms with Gasteiger partial charge in [-0.15, -0.1) is 0 Å². The lowest BCUT2D eigenvalue weighted by Crippen LogP contribution is -2.42. The lowest BCUT2D eigenvalue weighted by Gasteiger charge is -2.29. The Labute approximate surface area is 125 Å². The van der Waals surface area contributed by atoms with Gasteiger partial charge in [0.15, 0.2) is 5.57 Å². The van der Waals surface area contributed by atoms with Crippen LogP contribution in [0.25, 0.3) is 0 Å². The summed E-state index contributed by atoms with van der Waals surface area (Å²) in [6.45, 7) is 4.62. The minimum Gasteiger partial charge on any atom is -0.419 e. The molecule has 1 fully saturated rings. The molecule has 22 heavy (non-hydrogen) atoms. The smallest absolute Gasteiger partial charge is 0.350 e. The molecular weight excluding hydrogens is 292 g/mol. The molecule has 8 heteroatoms. The number of esters is 2. The van der Waals surface area contributed by atoms with Crippen molar-refractivity contribution in [3.63, 3.8) is 0 Å². The summed E-state index contributed by atoms with van der Waals surface area (Å²) >= 11 is 0. The number of cyclic esters (lactones) is 2. The third-order valence-corrected chi connectivity index (χ3v) is 2.84. The Balaban J connectivity index is 2.29. The maximum Gasteiger partial charge on any atom is 0.350 e. The number of nitro benzene ring substituents is 1. The molecule has 0 amide bonds. The van der Waals surface area contributed by atoms with Crippen LogP contribution in [0, 0.1) is 17.0 Å². The molecule has 1 N–H and O–H groups in total. The van der Waals surface area contributed by atoms with Gasteiger partial charge in [0.2, 0.25) is 0 Å². The second-order valence-electron chi connectivity index (χ2n) is 5.16. The Morgan fingerprint density at radius 1 is 1.23 bits per heavy atom. The van der Waals surface area contributed by atoms with Crippen LogP contribution >= 0.6 is 0 Å². The highest BCUT2D eigenvalue weighted by atomic mass is 16.7. The van der Waals surface area contributed by atoms with Gasteiger partial charge in [0.1, 0.15) is 5.69 Å². The molecule has 1 aromatic carbocycles. The number of anilines is 1. The van der Waals surface area contributed by atoms with Crippen molar-refractivity contribution < 1.29 is 24.0 Å². The van der Waals surface area contributed by atoms with E-state index in [0.717, 1.165) is 11.8 Å². The zero-order valence-electron chi connectivity index (χ0n) is 12.2. The second kappa shape index (κ2) is 5.47. The summed E-state index contributed by atoms with van der Waals surface area (Å²) in [5.74, 6) is -3.05. The average molecular weight is 306 g/mol. The summed E-state index contributed by atoms with van der Waals surface area (Å²) in [5.41, 5.74) is 0.389. The zero-order valence-corrected chi connectivity index (χ0v) is 12.2. The van der Waals surface area contributed by atoms with Crippen LogP contribution in [-0.2, 0) is 19.1 Å². The van der Waals surface area contributed by atoms with Crippen LogP contribution in [0.15, 0.2) is 30.0 Å². The summed E-state index contributed by atoms with van der Waals surface area (Å²) in [6.07, 6.45) is 1.04. The molecule has 1 aliphatic heterocycles. The topological polar surface area (TPSA) is 108 Å². The molecule has 0 spiro atoms. The third kappa shape index (κ3) is 3.22. The standard InChI is InChI=1S/C14H14N2O6/c1-8-4-5-11(16(19)20)10(6-8)15-7-9-12(17)21-14(2,3)22-13(9)18/h4-7,15H,1-3H3. The van der Waals surface area contributed by atoms with E-state index in [1.54, 1.807) is 13.0 Å². The number of benzene rings is 1. The van der Waals surface area contributed by atoms with Crippen LogP contribution in [0.3, 0.4) is 0 Å². The molecule has 1 heterocycles. The van der Waals surface area contributed by atoms with E-state index in [2.05, 4.69) is 5.32 Å². The van der Waals surface area contributed by atoms with Gasteiger partial charge in [0.05, 0.1) is 4.92 Å². The molecule has 8 nitrogen and oxygen atoms in total. The van der Waals surface area contributed by atoms with E-state index in [1.165, 1.54) is 26.0 Å². The number of carbonyl (C=O) groups is 2. The van der Waals surface area contributed by atoms with Gasteiger partial charge in [-0.3, -0.25) is 10.1 Å². The monoisotopic (exact) mass is 306 g/mol. The Hall–Kier alpha value is -2.90. The number of carbonyl (C=O) groups excluding carboxylic acids is 2. The molecule has 0 atom stereocenters. The van der Waals surface area contributed by atoms with Crippen molar-refractivity contribution in [1.82, 2.24) is 0 Å². The van der Waals surface area contributed by atoms with Crippen molar-refractivity contribution in [3.8, 4) is 0 Å². The van der Waals surface area contributed by atoms with Gasteiger partial charge in [-0.2, -0.15) is 0 Å². The number of hydrogen-bond acceptors (Lipinski definition) is 7. The van der Waals surface area contributed by atoms with Crippen LogP contribution in [0.1, 0.15) is 19.4 Å². The quantitative estimate of drug-likeness (QED) is 0.299. The SMILES string of the molecule is Cc1ccc([N+](=O)[O-])c(NC=C2C(=O)OC(C)(C)OC2=O)c1. The first-order valence-corrected chi connectivity index (χ1v) is 6.38. The second-order valence-corrected chi connectivity index (χ2v) is 5.16. The molecule has 0 aromatic heterocycles. The van der Waals surface area contributed by atoms with Crippen molar-refractivity contribution in [2.75, 3.05) is 5.32 Å². The Bertz CT molecular complexity index is 671. The number of hydrogen-bond donors (Lipinski definition) is 1. The Kier molecular flexibility index (Phi) is 3.85. The molecule has 0 aliphatic carbocycles. The fraction of sp³-hybridized carbons (Fsp3) is 0.286. The van der Waals surface area contributed by atoms with Gasteiger partial charge in [-0.05, 0) is 18.6 Å². The fourth-order valence-electron chi connectivity index (χ4n) is 1.85. The van der Waals surface area contributed by atoms with Gasteiger partial charge in [0, 0.05) is 26.1 Å². The van der Waals surface area contributed by atoms with Crippen molar-refractivity contribution >= 4 is 23.3 Å². The molecule has 0 unspecified atom stereocenters. The maximum absolute atomic E-state index is 11.8.